The molecule has 1 aromatic heterocycles. The molecule has 0 bridgehead atoms. The van der Waals surface area contributed by atoms with Crippen LogP contribution in [0, 0.1) is 5.82 Å². The first-order valence-electron chi connectivity index (χ1n) is 5.86. The molecule has 19 heavy (non-hydrogen) atoms. The number of pyridine rings is 1. The summed E-state index contributed by atoms with van der Waals surface area (Å²) in [5, 5.41) is 10.6. The van der Waals surface area contributed by atoms with Crippen molar-refractivity contribution in [2.24, 2.45) is 5.73 Å². The highest BCUT2D eigenvalue weighted by Crippen LogP contribution is 2.34. The van der Waals surface area contributed by atoms with Crippen molar-refractivity contribution < 1.29 is 9.50 Å². The smallest absolute Gasteiger partial charge is 0.124 e. The Kier molecular flexibility index (Phi) is 4.47. The van der Waals surface area contributed by atoms with Gasteiger partial charge in [-0.25, -0.2) is 4.39 Å². The van der Waals surface area contributed by atoms with E-state index >= 15 is 0 Å². The number of nitrogens with two attached hydrogens (primary N) is 1. The predicted molar refractivity (Wildman–Crippen MR) is 72.4 cm³/mol. The number of aliphatic hydroxyl groups excluding tert-OH is 1. The molecular weight excluding hydrogens is 267 g/mol. The number of benzene rings is 1. The van der Waals surface area contributed by atoms with Crippen molar-refractivity contribution in [1.82, 2.24) is 4.98 Å². The van der Waals surface area contributed by atoms with Gasteiger partial charge in [0.25, 0.3) is 0 Å². The molecule has 0 saturated carbocycles. The van der Waals surface area contributed by atoms with Gasteiger partial charge in [-0.3, -0.25) is 4.98 Å². The minimum atomic E-state index is -0.809. The highest BCUT2D eigenvalue weighted by atomic mass is 35.5. The molecule has 0 aliphatic rings. The Hall–Kier alpha value is -1.49. The normalized spacial score (nSPS) is 14.1. The Balaban J connectivity index is 2.34. The van der Waals surface area contributed by atoms with E-state index in [1.165, 1.54) is 12.1 Å². The van der Waals surface area contributed by atoms with Crippen LogP contribution in [0.4, 0.5) is 4.39 Å². The van der Waals surface area contributed by atoms with E-state index in [2.05, 4.69) is 4.98 Å². The fourth-order valence-electron chi connectivity index (χ4n) is 2.02. The van der Waals surface area contributed by atoms with Crippen LogP contribution >= 0.6 is 11.6 Å². The lowest BCUT2D eigenvalue weighted by Gasteiger charge is -2.23. The van der Waals surface area contributed by atoms with Gasteiger partial charge in [0.15, 0.2) is 0 Å². The number of hydrogen-bond acceptors (Lipinski definition) is 3. The number of aromatic nitrogens is 1. The highest BCUT2D eigenvalue weighted by Gasteiger charge is 2.23. The highest BCUT2D eigenvalue weighted by molar-refractivity contribution is 6.31. The van der Waals surface area contributed by atoms with Crippen molar-refractivity contribution in [3.05, 3.63) is 64.7 Å². The van der Waals surface area contributed by atoms with Crippen LogP contribution in [0.2, 0.25) is 5.02 Å². The molecule has 3 nitrogen and oxygen atoms in total. The second-order valence-corrected chi connectivity index (χ2v) is 4.64. The van der Waals surface area contributed by atoms with Crippen molar-refractivity contribution in [2.45, 2.75) is 12.0 Å². The van der Waals surface area contributed by atoms with E-state index < -0.39 is 17.8 Å². The minimum absolute atomic E-state index is 0.203. The molecule has 2 rings (SSSR count). The molecule has 0 amide bonds. The first-order valence-corrected chi connectivity index (χ1v) is 6.24. The molecule has 1 heterocycles. The maximum absolute atomic E-state index is 13.1. The molecule has 100 valence electrons. The fraction of sp³-hybridized carbons (Fsp3) is 0.214. The molecule has 2 atom stereocenters. The van der Waals surface area contributed by atoms with Gasteiger partial charge in [-0.05, 0) is 35.4 Å². The summed E-state index contributed by atoms with van der Waals surface area (Å²) >= 11 is 6.02. The van der Waals surface area contributed by atoms with Crippen LogP contribution < -0.4 is 5.73 Å². The van der Waals surface area contributed by atoms with Gasteiger partial charge in [0, 0.05) is 29.9 Å². The van der Waals surface area contributed by atoms with E-state index in [4.69, 9.17) is 17.3 Å². The van der Waals surface area contributed by atoms with Gasteiger partial charge in [0.1, 0.15) is 5.82 Å². The molecule has 3 N–H and O–H groups in total. The van der Waals surface area contributed by atoms with Gasteiger partial charge in [-0.15, -0.1) is 0 Å². The van der Waals surface area contributed by atoms with E-state index in [0.29, 0.717) is 11.1 Å². The standard InChI is InChI=1S/C14H14ClFN2O/c15-13-7-10(16)1-2-11(13)12(8-17)14(19)9-3-5-18-6-4-9/h1-7,12,14,19H,8,17H2. The zero-order valence-corrected chi connectivity index (χ0v) is 10.9. The zero-order chi connectivity index (χ0) is 13.8. The predicted octanol–water partition coefficient (Wildman–Crippen LogP) is 2.65. The quantitative estimate of drug-likeness (QED) is 0.905. The largest absolute Gasteiger partial charge is 0.388 e. The van der Waals surface area contributed by atoms with E-state index in [-0.39, 0.29) is 11.6 Å². The zero-order valence-electron chi connectivity index (χ0n) is 10.1. The summed E-state index contributed by atoms with van der Waals surface area (Å²) in [7, 11) is 0. The lowest BCUT2D eigenvalue weighted by Crippen LogP contribution is -2.20. The summed E-state index contributed by atoms with van der Waals surface area (Å²) < 4.78 is 13.1. The van der Waals surface area contributed by atoms with E-state index in [0.717, 1.165) is 0 Å². The van der Waals surface area contributed by atoms with Crippen molar-refractivity contribution in [3.8, 4) is 0 Å². The van der Waals surface area contributed by atoms with Gasteiger partial charge >= 0.3 is 0 Å². The average molecular weight is 281 g/mol. The first-order chi connectivity index (χ1) is 9.13. The van der Waals surface area contributed by atoms with E-state index in [1.54, 1.807) is 30.6 Å². The SMILES string of the molecule is NCC(c1ccc(F)cc1Cl)C(O)c1ccncc1. The second-order valence-electron chi connectivity index (χ2n) is 4.23. The lowest BCUT2D eigenvalue weighted by molar-refractivity contribution is 0.147. The van der Waals surface area contributed by atoms with Crippen molar-refractivity contribution in [2.75, 3.05) is 6.54 Å². The Morgan fingerprint density at radius 2 is 1.95 bits per heavy atom. The molecule has 1 aromatic carbocycles. The Morgan fingerprint density at radius 3 is 2.53 bits per heavy atom. The van der Waals surface area contributed by atoms with Crippen LogP contribution in [0.1, 0.15) is 23.1 Å². The number of halogens is 2. The molecule has 2 unspecified atom stereocenters. The topological polar surface area (TPSA) is 59.1 Å². The maximum atomic E-state index is 13.1. The van der Waals surface area contributed by atoms with Gasteiger partial charge in [0.05, 0.1) is 6.10 Å². The summed E-state index contributed by atoms with van der Waals surface area (Å²) in [4.78, 5) is 3.90. The summed E-state index contributed by atoms with van der Waals surface area (Å²) in [6, 6.07) is 7.51. The van der Waals surface area contributed by atoms with Crippen LogP contribution in [-0.4, -0.2) is 16.6 Å². The Labute approximate surface area is 115 Å². The molecule has 2 aromatic rings. The van der Waals surface area contributed by atoms with Crippen molar-refractivity contribution in [3.63, 3.8) is 0 Å². The second kappa shape index (κ2) is 6.10. The number of nitrogens with zero attached hydrogens (tertiary/aromatic N) is 1. The molecule has 0 fully saturated rings. The van der Waals surface area contributed by atoms with Crippen LogP contribution in [0.15, 0.2) is 42.7 Å². The van der Waals surface area contributed by atoms with Gasteiger partial charge in [-0.1, -0.05) is 17.7 Å². The summed E-state index contributed by atoms with van der Waals surface area (Å²) in [5.74, 6) is -0.807. The van der Waals surface area contributed by atoms with E-state index in [1.807, 2.05) is 0 Å². The minimum Gasteiger partial charge on any atom is -0.388 e. The molecule has 0 radical (unpaired) electrons. The van der Waals surface area contributed by atoms with Crippen LogP contribution in [0.3, 0.4) is 0 Å². The Bertz CT molecular complexity index is 550. The third-order valence-corrected chi connectivity index (χ3v) is 3.37. The van der Waals surface area contributed by atoms with Crippen molar-refractivity contribution >= 4 is 11.6 Å². The Morgan fingerprint density at radius 1 is 1.26 bits per heavy atom. The van der Waals surface area contributed by atoms with Crippen LogP contribution in [-0.2, 0) is 0 Å². The third kappa shape index (κ3) is 3.10. The van der Waals surface area contributed by atoms with Crippen LogP contribution in [0.25, 0.3) is 0 Å². The van der Waals surface area contributed by atoms with Gasteiger partial charge < -0.3 is 10.8 Å². The fourth-order valence-corrected chi connectivity index (χ4v) is 2.33. The number of rotatable bonds is 4. The van der Waals surface area contributed by atoms with Crippen molar-refractivity contribution in [1.29, 1.82) is 0 Å². The average Bonchev–Trinajstić information content (AvgIpc) is 2.42. The molecule has 5 heteroatoms. The van der Waals surface area contributed by atoms with Crippen LogP contribution in [0.5, 0.6) is 0 Å². The monoisotopic (exact) mass is 280 g/mol. The van der Waals surface area contributed by atoms with E-state index in [9.17, 15) is 9.50 Å². The molecule has 0 spiro atoms. The molecule has 0 saturated heterocycles. The number of aliphatic hydroxyl groups is 1. The summed E-state index contributed by atoms with van der Waals surface area (Å²) in [6.07, 6.45) is 2.38. The van der Waals surface area contributed by atoms with Gasteiger partial charge in [0.2, 0.25) is 0 Å². The van der Waals surface area contributed by atoms with Gasteiger partial charge in [-0.2, -0.15) is 0 Å². The molecule has 0 aliphatic heterocycles. The molecule has 0 aliphatic carbocycles. The molecular formula is C14H14ClFN2O. The summed E-state index contributed by atoms with van der Waals surface area (Å²) in [6.45, 7) is 0.203. The summed E-state index contributed by atoms with van der Waals surface area (Å²) in [5.41, 5.74) is 7.06. The third-order valence-electron chi connectivity index (χ3n) is 3.04. The number of hydrogen-bond donors (Lipinski definition) is 2. The maximum Gasteiger partial charge on any atom is 0.124 e. The lowest BCUT2D eigenvalue weighted by atomic mass is 9.89. The first kappa shape index (κ1) is 13.9.